The number of hydrogen-bond donors (Lipinski definition) is 3. The first-order valence-corrected chi connectivity index (χ1v) is 11.6. The first kappa shape index (κ1) is 25.7. The van der Waals surface area contributed by atoms with Crippen LogP contribution in [0, 0.1) is 11.7 Å². The number of pyridine rings is 1. The average Bonchev–Trinajstić information content (AvgIpc) is 2.80. The highest BCUT2D eigenvalue weighted by molar-refractivity contribution is 5.96. The maximum Gasteiger partial charge on any atom is 0.315 e. The van der Waals surface area contributed by atoms with E-state index in [9.17, 15) is 14.0 Å². The maximum absolute atomic E-state index is 13.1. The van der Waals surface area contributed by atoms with E-state index >= 15 is 0 Å². The zero-order valence-electron chi connectivity index (χ0n) is 20.3. The monoisotopic (exact) mass is 478 g/mol. The number of benzene rings is 2. The first-order chi connectivity index (χ1) is 16.7. The number of anilines is 1. The standard InChI is InChI=1S/C27H31FN4O3/c1-17(2)16-24(31-27(34)29-18(3)4)26(33)32-25-7-5-6-23(30-25)19-8-12-21(13-9-19)35-22-14-10-20(28)11-15-22/h5-15,17-18,24H,16H2,1-4H3,(H2,29,31,34)(H,30,32,33)/t24-/m0/s1. The van der Waals surface area contributed by atoms with Gasteiger partial charge in [0.2, 0.25) is 5.91 Å². The fourth-order valence-electron chi connectivity index (χ4n) is 3.38. The molecule has 0 aliphatic carbocycles. The predicted octanol–water partition coefficient (Wildman–Crippen LogP) is 5.74. The second kappa shape index (κ2) is 12.0. The van der Waals surface area contributed by atoms with Gasteiger partial charge in [0.15, 0.2) is 0 Å². The van der Waals surface area contributed by atoms with E-state index in [1.807, 2.05) is 45.9 Å². The molecule has 3 N–H and O–H groups in total. The van der Waals surface area contributed by atoms with E-state index in [-0.39, 0.29) is 29.7 Å². The maximum atomic E-state index is 13.1. The van der Waals surface area contributed by atoms with Gasteiger partial charge in [-0.05, 0) is 86.8 Å². The van der Waals surface area contributed by atoms with Crippen LogP contribution in [0.2, 0.25) is 0 Å². The number of aromatic nitrogens is 1. The summed E-state index contributed by atoms with van der Waals surface area (Å²) in [5.74, 6) is 1.08. The molecule has 184 valence electrons. The molecule has 1 atom stereocenters. The van der Waals surface area contributed by atoms with E-state index in [0.29, 0.717) is 29.4 Å². The number of halogens is 1. The number of rotatable bonds is 9. The molecule has 0 saturated carbocycles. The third kappa shape index (κ3) is 8.10. The molecule has 35 heavy (non-hydrogen) atoms. The molecule has 3 rings (SSSR count). The van der Waals surface area contributed by atoms with Crippen LogP contribution in [0.1, 0.15) is 34.1 Å². The Morgan fingerprint density at radius 2 is 1.51 bits per heavy atom. The zero-order valence-corrected chi connectivity index (χ0v) is 20.3. The van der Waals surface area contributed by atoms with Crippen LogP contribution in [-0.4, -0.2) is 29.0 Å². The van der Waals surface area contributed by atoms with Crippen molar-refractivity contribution in [3.05, 3.63) is 72.5 Å². The van der Waals surface area contributed by atoms with Gasteiger partial charge in [0.25, 0.3) is 0 Å². The van der Waals surface area contributed by atoms with Crippen LogP contribution in [-0.2, 0) is 4.79 Å². The topological polar surface area (TPSA) is 92.4 Å². The number of ether oxygens (including phenoxy) is 1. The van der Waals surface area contributed by atoms with Crippen molar-refractivity contribution in [1.82, 2.24) is 15.6 Å². The number of nitrogens with zero attached hydrogens (tertiary/aromatic N) is 1. The fourth-order valence-corrected chi connectivity index (χ4v) is 3.38. The lowest BCUT2D eigenvalue weighted by Gasteiger charge is -2.21. The van der Waals surface area contributed by atoms with E-state index in [1.165, 1.54) is 12.1 Å². The Morgan fingerprint density at radius 1 is 0.886 bits per heavy atom. The highest BCUT2D eigenvalue weighted by atomic mass is 19.1. The quantitative estimate of drug-likeness (QED) is 0.366. The summed E-state index contributed by atoms with van der Waals surface area (Å²) in [6.45, 7) is 7.69. The third-order valence-electron chi connectivity index (χ3n) is 4.95. The van der Waals surface area contributed by atoms with Crippen molar-refractivity contribution in [1.29, 1.82) is 0 Å². The Bertz CT molecular complexity index is 1130. The fraction of sp³-hybridized carbons (Fsp3) is 0.296. The zero-order chi connectivity index (χ0) is 25.4. The van der Waals surface area contributed by atoms with Crippen molar-refractivity contribution in [3.8, 4) is 22.8 Å². The molecule has 1 aromatic heterocycles. The van der Waals surface area contributed by atoms with Gasteiger partial charge in [-0.25, -0.2) is 14.2 Å². The van der Waals surface area contributed by atoms with Crippen molar-refractivity contribution in [2.24, 2.45) is 5.92 Å². The molecule has 0 aliphatic rings. The molecule has 0 unspecified atom stereocenters. The number of carbonyl (C=O) groups excluding carboxylic acids is 2. The lowest BCUT2D eigenvalue weighted by atomic mass is 10.0. The van der Waals surface area contributed by atoms with Gasteiger partial charge in [0.05, 0.1) is 5.69 Å². The second-order valence-corrected chi connectivity index (χ2v) is 8.93. The number of amides is 3. The van der Waals surface area contributed by atoms with Gasteiger partial charge in [-0.3, -0.25) is 4.79 Å². The van der Waals surface area contributed by atoms with E-state index in [4.69, 9.17) is 4.74 Å². The number of urea groups is 1. The van der Waals surface area contributed by atoms with Gasteiger partial charge < -0.3 is 20.7 Å². The van der Waals surface area contributed by atoms with Crippen LogP contribution in [0.25, 0.3) is 11.3 Å². The van der Waals surface area contributed by atoms with Gasteiger partial charge in [-0.15, -0.1) is 0 Å². The normalized spacial score (nSPS) is 11.7. The van der Waals surface area contributed by atoms with Crippen LogP contribution in [0.5, 0.6) is 11.5 Å². The Kier molecular flexibility index (Phi) is 8.78. The summed E-state index contributed by atoms with van der Waals surface area (Å²) in [7, 11) is 0. The summed E-state index contributed by atoms with van der Waals surface area (Å²) in [6, 6.07) is 17.3. The Balaban J connectivity index is 1.68. The molecular formula is C27H31FN4O3. The van der Waals surface area contributed by atoms with Gasteiger partial charge in [-0.1, -0.05) is 19.9 Å². The highest BCUT2D eigenvalue weighted by Crippen LogP contribution is 2.26. The van der Waals surface area contributed by atoms with E-state index in [1.54, 1.807) is 36.4 Å². The molecular weight excluding hydrogens is 447 g/mol. The molecule has 2 aromatic carbocycles. The van der Waals surface area contributed by atoms with Crippen LogP contribution < -0.4 is 20.7 Å². The SMILES string of the molecule is CC(C)C[C@H](NC(=O)NC(C)C)C(=O)Nc1cccc(-c2ccc(Oc3ccc(F)cc3)cc2)n1. The average molecular weight is 479 g/mol. The van der Waals surface area contributed by atoms with Gasteiger partial charge in [0.1, 0.15) is 29.2 Å². The van der Waals surface area contributed by atoms with Crippen LogP contribution in [0.3, 0.4) is 0 Å². The lowest BCUT2D eigenvalue weighted by molar-refractivity contribution is -0.118. The first-order valence-electron chi connectivity index (χ1n) is 11.6. The van der Waals surface area contributed by atoms with Crippen LogP contribution >= 0.6 is 0 Å². The smallest absolute Gasteiger partial charge is 0.315 e. The molecule has 0 fully saturated rings. The largest absolute Gasteiger partial charge is 0.457 e. The Morgan fingerprint density at radius 3 is 2.11 bits per heavy atom. The predicted molar refractivity (Wildman–Crippen MR) is 135 cm³/mol. The minimum absolute atomic E-state index is 0.0383. The number of nitrogens with one attached hydrogen (secondary N) is 3. The van der Waals surface area contributed by atoms with Crippen molar-refractivity contribution >= 4 is 17.8 Å². The van der Waals surface area contributed by atoms with Gasteiger partial charge >= 0.3 is 6.03 Å². The van der Waals surface area contributed by atoms with Crippen LogP contribution in [0.15, 0.2) is 66.7 Å². The molecule has 1 heterocycles. The van der Waals surface area contributed by atoms with E-state index in [2.05, 4.69) is 20.9 Å². The molecule has 0 aliphatic heterocycles. The Hall–Kier alpha value is -3.94. The molecule has 0 saturated heterocycles. The molecule has 8 heteroatoms. The van der Waals surface area contributed by atoms with Gasteiger partial charge in [0, 0.05) is 11.6 Å². The summed E-state index contributed by atoms with van der Waals surface area (Å²) in [6.07, 6.45) is 0.493. The molecule has 0 spiro atoms. The number of hydrogen-bond acceptors (Lipinski definition) is 4. The van der Waals surface area contributed by atoms with Crippen molar-refractivity contribution in [2.45, 2.75) is 46.2 Å². The summed E-state index contributed by atoms with van der Waals surface area (Å²) in [5.41, 5.74) is 1.50. The van der Waals surface area contributed by atoms with Crippen molar-refractivity contribution in [3.63, 3.8) is 0 Å². The minimum Gasteiger partial charge on any atom is -0.457 e. The van der Waals surface area contributed by atoms with E-state index in [0.717, 1.165) is 5.56 Å². The summed E-state index contributed by atoms with van der Waals surface area (Å²) >= 11 is 0. The van der Waals surface area contributed by atoms with E-state index < -0.39 is 6.04 Å². The second-order valence-electron chi connectivity index (χ2n) is 8.93. The molecule has 7 nitrogen and oxygen atoms in total. The molecule has 3 amide bonds. The molecule has 0 radical (unpaired) electrons. The number of carbonyl (C=O) groups is 2. The molecule has 0 bridgehead atoms. The van der Waals surface area contributed by atoms with Crippen molar-refractivity contribution in [2.75, 3.05) is 5.32 Å². The summed E-state index contributed by atoms with van der Waals surface area (Å²) in [4.78, 5) is 29.6. The van der Waals surface area contributed by atoms with Crippen molar-refractivity contribution < 1.29 is 18.7 Å². The van der Waals surface area contributed by atoms with Crippen LogP contribution in [0.4, 0.5) is 15.0 Å². The third-order valence-corrected chi connectivity index (χ3v) is 4.95. The highest BCUT2D eigenvalue weighted by Gasteiger charge is 2.22. The minimum atomic E-state index is -0.693. The summed E-state index contributed by atoms with van der Waals surface area (Å²) in [5, 5.41) is 8.31. The Labute approximate surface area is 205 Å². The van der Waals surface area contributed by atoms with Gasteiger partial charge in [-0.2, -0.15) is 0 Å². The lowest BCUT2D eigenvalue weighted by Crippen LogP contribution is -2.50. The summed E-state index contributed by atoms with van der Waals surface area (Å²) < 4.78 is 18.8. The molecule has 3 aromatic rings.